The lowest BCUT2D eigenvalue weighted by molar-refractivity contribution is 0.273. The zero-order valence-corrected chi connectivity index (χ0v) is 11.7. The zero-order chi connectivity index (χ0) is 12.8. The molecule has 18 heavy (non-hydrogen) atoms. The predicted octanol–water partition coefficient (Wildman–Crippen LogP) is 3.46. The SMILES string of the molecule is Cc1ccc(OCCCC2CCNCC2)cc1C. The number of ether oxygens (including phenoxy) is 1. The van der Waals surface area contributed by atoms with Crippen molar-refractivity contribution < 1.29 is 4.74 Å². The van der Waals surface area contributed by atoms with Gasteiger partial charge in [-0.25, -0.2) is 0 Å². The van der Waals surface area contributed by atoms with Crippen molar-refractivity contribution >= 4 is 0 Å². The molecule has 1 N–H and O–H groups in total. The third-order valence-corrected chi connectivity index (χ3v) is 3.96. The Hall–Kier alpha value is -1.02. The maximum Gasteiger partial charge on any atom is 0.119 e. The molecule has 1 saturated heterocycles. The Morgan fingerprint density at radius 2 is 1.94 bits per heavy atom. The lowest BCUT2D eigenvalue weighted by Gasteiger charge is -2.22. The van der Waals surface area contributed by atoms with Crippen LogP contribution in [0.5, 0.6) is 5.75 Å². The normalized spacial score (nSPS) is 16.8. The number of rotatable bonds is 5. The number of aryl methyl sites for hydroxylation is 2. The van der Waals surface area contributed by atoms with Gasteiger partial charge in [-0.05, 0) is 81.8 Å². The molecule has 0 amide bonds. The predicted molar refractivity (Wildman–Crippen MR) is 76.2 cm³/mol. The molecule has 0 atom stereocenters. The molecule has 0 bridgehead atoms. The van der Waals surface area contributed by atoms with Crippen LogP contribution in [0.1, 0.15) is 36.8 Å². The lowest BCUT2D eigenvalue weighted by atomic mass is 9.93. The number of piperidine rings is 1. The van der Waals surface area contributed by atoms with E-state index in [1.807, 2.05) is 0 Å². The first-order valence-electron chi connectivity index (χ1n) is 7.16. The second-order valence-electron chi connectivity index (χ2n) is 5.43. The van der Waals surface area contributed by atoms with Crippen LogP contribution in [-0.2, 0) is 0 Å². The highest BCUT2D eigenvalue weighted by Crippen LogP contribution is 2.19. The van der Waals surface area contributed by atoms with Crippen molar-refractivity contribution in [3.63, 3.8) is 0 Å². The summed E-state index contributed by atoms with van der Waals surface area (Å²) in [5.41, 5.74) is 2.64. The van der Waals surface area contributed by atoms with Crippen molar-refractivity contribution in [1.82, 2.24) is 5.32 Å². The molecule has 0 unspecified atom stereocenters. The van der Waals surface area contributed by atoms with Crippen LogP contribution in [0.15, 0.2) is 18.2 Å². The summed E-state index contributed by atoms with van der Waals surface area (Å²) in [6.07, 6.45) is 5.16. The maximum absolute atomic E-state index is 5.82. The quantitative estimate of drug-likeness (QED) is 0.805. The standard InChI is InChI=1S/C16H25NO/c1-13-5-6-16(12-14(13)2)18-11-3-4-15-7-9-17-10-8-15/h5-6,12,15,17H,3-4,7-11H2,1-2H3. The minimum absolute atomic E-state index is 0.854. The van der Waals surface area contributed by atoms with Crippen LogP contribution in [0.25, 0.3) is 0 Å². The minimum Gasteiger partial charge on any atom is -0.494 e. The van der Waals surface area contributed by atoms with Crippen LogP contribution in [0.2, 0.25) is 0 Å². The molecule has 1 aliphatic heterocycles. The molecule has 0 radical (unpaired) electrons. The van der Waals surface area contributed by atoms with Gasteiger partial charge in [-0.3, -0.25) is 0 Å². The summed E-state index contributed by atoms with van der Waals surface area (Å²) in [6.45, 7) is 7.52. The molecule has 0 aromatic heterocycles. The molecule has 1 aromatic carbocycles. The lowest BCUT2D eigenvalue weighted by Crippen LogP contribution is -2.27. The molecule has 100 valence electrons. The summed E-state index contributed by atoms with van der Waals surface area (Å²) in [4.78, 5) is 0. The Bertz CT molecular complexity index is 369. The fourth-order valence-corrected chi connectivity index (χ4v) is 2.54. The highest BCUT2D eigenvalue weighted by molar-refractivity contribution is 5.33. The van der Waals surface area contributed by atoms with E-state index in [0.29, 0.717) is 0 Å². The van der Waals surface area contributed by atoms with E-state index in [1.165, 1.54) is 49.9 Å². The summed E-state index contributed by atoms with van der Waals surface area (Å²) < 4.78 is 5.82. The van der Waals surface area contributed by atoms with Crippen molar-refractivity contribution in [2.75, 3.05) is 19.7 Å². The minimum atomic E-state index is 0.854. The van der Waals surface area contributed by atoms with Crippen LogP contribution in [0.3, 0.4) is 0 Å². The van der Waals surface area contributed by atoms with E-state index in [4.69, 9.17) is 4.74 Å². The highest BCUT2D eigenvalue weighted by atomic mass is 16.5. The molecule has 0 spiro atoms. The molecular weight excluding hydrogens is 222 g/mol. The van der Waals surface area contributed by atoms with Crippen molar-refractivity contribution in [3.05, 3.63) is 29.3 Å². The Morgan fingerprint density at radius 1 is 1.17 bits per heavy atom. The van der Waals surface area contributed by atoms with Gasteiger partial charge in [0.05, 0.1) is 6.61 Å². The second-order valence-corrected chi connectivity index (χ2v) is 5.43. The third kappa shape index (κ3) is 4.02. The second kappa shape index (κ2) is 6.79. The van der Waals surface area contributed by atoms with Gasteiger partial charge in [0.15, 0.2) is 0 Å². The van der Waals surface area contributed by atoms with Crippen LogP contribution < -0.4 is 10.1 Å². The van der Waals surface area contributed by atoms with E-state index in [-0.39, 0.29) is 0 Å². The molecule has 0 aliphatic carbocycles. The highest BCUT2D eigenvalue weighted by Gasteiger charge is 2.12. The first kappa shape index (κ1) is 13.4. The van der Waals surface area contributed by atoms with Gasteiger partial charge in [0, 0.05) is 0 Å². The summed E-state index contributed by atoms with van der Waals surface area (Å²) in [7, 11) is 0. The smallest absolute Gasteiger partial charge is 0.119 e. The summed E-state index contributed by atoms with van der Waals surface area (Å²) in [5.74, 6) is 1.93. The molecule has 1 heterocycles. The maximum atomic E-state index is 5.82. The van der Waals surface area contributed by atoms with Gasteiger partial charge in [-0.15, -0.1) is 0 Å². The van der Waals surface area contributed by atoms with E-state index in [0.717, 1.165) is 18.3 Å². The van der Waals surface area contributed by atoms with Crippen LogP contribution in [0.4, 0.5) is 0 Å². The Labute approximate surface area is 111 Å². The van der Waals surface area contributed by atoms with Crippen molar-refractivity contribution in [1.29, 1.82) is 0 Å². The Balaban J connectivity index is 1.66. The first-order valence-corrected chi connectivity index (χ1v) is 7.16. The van der Waals surface area contributed by atoms with Gasteiger partial charge in [-0.1, -0.05) is 6.07 Å². The third-order valence-electron chi connectivity index (χ3n) is 3.96. The fourth-order valence-electron chi connectivity index (χ4n) is 2.54. The van der Waals surface area contributed by atoms with E-state index < -0.39 is 0 Å². The largest absolute Gasteiger partial charge is 0.494 e. The van der Waals surface area contributed by atoms with Crippen LogP contribution in [-0.4, -0.2) is 19.7 Å². The molecule has 2 heteroatoms. The van der Waals surface area contributed by atoms with Crippen LogP contribution in [0, 0.1) is 19.8 Å². The number of nitrogens with one attached hydrogen (secondary N) is 1. The van der Waals surface area contributed by atoms with Crippen molar-refractivity contribution in [2.24, 2.45) is 5.92 Å². The molecule has 2 rings (SSSR count). The molecule has 1 aliphatic rings. The van der Waals surface area contributed by atoms with Crippen LogP contribution >= 0.6 is 0 Å². The zero-order valence-electron chi connectivity index (χ0n) is 11.7. The van der Waals surface area contributed by atoms with E-state index in [2.05, 4.69) is 37.4 Å². The van der Waals surface area contributed by atoms with Crippen molar-refractivity contribution in [3.8, 4) is 5.75 Å². The molecular formula is C16H25NO. The number of hydrogen-bond donors (Lipinski definition) is 1. The van der Waals surface area contributed by atoms with E-state index in [9.17, 15) is 0 Å². The molecule has 2 nitrogen and oxygen atoms in total. The fraction of sp³-hybridized carbons (Fsp3) is 0.625. The van der Waals surface area contributed by atoms with Gasteiger partial charge in [0.25, 0.3) is 0 Å². The van der Waals surface area contributed by atoms with Gasteiger partial charge in [-0.2, -0.15) is 0 Å². The Kier molecular flexibility index (Phi) is 5.06. The van der Waals surface area contributed by atoms with E-state index in [1.54, 1.807) is 0 Å². The van der Waals surface area contributed by atoms with Gasteiger partial charge >= 0.3 is 0 Å². The summed E-state index contributed by atoms with van der Waals surface area (Å²) in [6, 6.07) is 6.35. The van der Waals surface area contributed by atoms with Gasteiger partial charge in [0.2, 0.25) is 0 Å². The Morgan fingerprint density at radius 3 is 2.67 bits per heavy atom. The van der Waals surface area contributed by atoms with Crippen molar-refractivity contribution in [2.45, 2.75) is 39.5 Å². The number of hydrogen-bond acceptors (Lipinski definition) is 2. The van der Waals surface area contributed by atoms with E-state index >= 15 is 0 Å². The first-order chi connectivity index (χ1) is 8.75. The molecule has 1 aromatic rings. The summed E-state index contributed by atoms with van der Waals surface area (Å²) in [5, 5.41) is 3.41. The summed E-state index contributed by atoms with van der Waals surface area (Å²) >= 11 is 0. The monoisotopic (exact) mass is 247 g/mol. The average Bonchev–Trinajstić information content (AvgIpc) is 2.40. The topological polar surface area (TPSA) is 21.3 Å². The number of benzene rings is 1. The van der Waals surface area contributed by atoms with Gasteiger partial charge < -0.3 is 10.1 Å². The average molecular weight is 247 g/mol. The molecule has 1 fully saturated rings. The van der Waals surface area contributed by atoms with Gasteiger partial charge in [0.1, 0.15) is 5.75 Å². The molecule has 0 saturated carbocycles.